The van der Waals surface area contributed by atoms with Crippen LogP contribution in [0.1, 0.15) is 11.1 Å². The average Bonchev–Trinajstić information content (AvgIpc) is 2.55. The van der Waals surface area contributed by atoms with Crippen molar-refractivity contribution in [3.8, 4) is 5.75 Å². The molecule has 1 unspecified atom stereocenters. The van der Waals surface area contributed by atoms with Crippen molar-refractivity contribution in [2.75, 3.05) is 0 Å². The van der Waals surface area contributed by atoms with Gasteiger partial charge in [0, 0.05) is 0 Å². The molecule has 6 heteroatoms. The Labute approximate surface area is 127 Å². The number of benzene rings is 2. The Morgan fingerprint density at radius 3 is 2.32 bits per heavy atom. The lowest BCUT2D eigenvalue weighted by Gasteiger charge is -2.10. The molecule has 0 radical (unpaired) electrons. The van der Waals surface area contributed by atoms with Crippen molar-refractivity contribution >= 4 is 5.91 Å². The Kier molecular flexibility index (Phi) is 5.46. The van der Waals surface area contributed by atoms with Gasteiger partial charge in [-0.2, -0.15) is 0 Å². The van der Waals surface area contributed by atoms with E-state index >= 15 is 0 Å². The van der Waals surface area contributed by atoms with E-state index < -0.39 is 11.9 Å². The molecule has 0 fully saturated rings. The zero-order chi connectivity index (χ0) is 15.9. The number of nitrogens with two attached hydrogens (primary N) is 1. The number of rotatable bonds is 6. The summed E-state index contributed by atoms with van der Waals surface area (Å²) in [5.74, 6) is -0.249. The number of halogens is 1. The molecule has 0 bridgehead atoms. The topological polar surface area (TPSA) is 84.6 Å². The van der Waals surface area contributed by atoms with Gasteiger partial charge >= 0.3 is 0 Å². The fraction of sp³-hybridized carbons (Fsp3) is 0.188. The highest BCUT2D eigenvalue weighted by molar-refractivity contribution is 5.80. The quantitative estimate of drug-likeness (QED) is 0.561. The SMILES string of the molecule is NC(Cc1ccc(OCc2ccc(F)cc2)cc1)C(=O)NO. The summed E-state index contributed by atoms with van der Waals surface area (Å²) in [6, 6.07) is 12.4. The smallest absolute Gasteiger partial charge is 0.260 e. The van der Waals surface area contributed by atoms with Gasteiger partial charge in [0.25, 0.3) is 5.91 Å². The van der Waals surface area contributed by atoms with Crippen LogP contribution in [0.25, 0.3) is 0 Å². The lowest BCUT2D eigenvalue weighted by atomic mass is 10.1. The molecule has 1 atom stereocenters. The molecule has 0 saturated carbocycles. The minimum absolute atomic E-state index is 0.281. The third kappa shape index (κ3) is 4.54. The van der Waals surface area contributed by atoms with Crippen molar-refractivity contribution in [3.63, 3.8) is 0 Å². The maximum Gasteiger partial charge on any atom is 0.260 e. The van der Waals surface area contributed by atoms with E-state index in [4.69, 9.17) is 15.7 Å². The standard InChI is InChI=1S/C16H17FN2O3/c17-13-5-1-12(2-6-13)10-22-14-7-3-11(4-8-14)9-15(18)16(20)19-21/h1-8,15,21H,9-10,18H2,(H,19,20). The molecule has 0 aliphatic heterocycles. The van der Waals surface area contributed by atoms with Crippen molar-refractivity contribution in [2.45, 2.75) is 19.1 Å². The fourth-order valence-corrected chi connectivity index (χ4v) is 1.90. The predicted molar refractivity (Wildman–Crippen MR) is 78.8 cm³/mol. The van der Waals surface area contributed by atoms with Crippen LogP contribution in [-0.2, 0) is 17.8 Å². The largest absolute Gasteiger partial charge is 0.489 e. The number of hydroxylamine groups is 1. The van der Waals surface area contributed by atoms with Crippen LogP contribution in [0.4, 0.5) is 4.39 Å². The van der Waals surface area contributed by atoms with Crippen LogP contribution < -0.4 is 16.0 Å². The third-order valence-electron chi connectivity index (χ3n) is 3.14. The monoisotopic (exact) mass is 304 g/mol. The average molecular weight is 304 g/mol. The van der Waals surface area contributed by atoms with Gasteiger partial charge in [0.15, 0.2) is 0 Å². The third-order valence-corrected chi connectivity index (χ3v) is 3.14. The van der Waals surface area contributed by atoms with E-state index in [2.05, 4.69) is 0 Å². The molecule has 0 saturated heterocycles. The van der Waals surface area contributed by atoms with Gasteiger partial charge in [0.05, 0.1) is 6.04 Å². The molecule has 2 aromatic rings. The minimum Gasteiger partial charge on any atom is -0.489 e. The summed E-state index contributed by atoms with van der Waals surface area (Å²) in [6.07, 6.45) is 0.310. The lowest BCUT2D eigenvalue weighted by Crippen LogP contribution is -2.40. The minimum atomic E-state index is -0.809. The molecule has 1 amide bonds. The Hall–Kier alpha value is -2.44. The Morgan fingerprint density at radius 1 is 1.14 bits per heavy atom. The first-order valence-electron chi connectivity index (χ1n) is 6.74. The highest BCUT2D eigenvalue weighted by atomic mass is 19.1. The molecular weight excluding hydrogens is 287 g/mol. The zero-order valence-corrected chi connectivity index (χ0v) is 11.8. The molecular formula is C16H17FN2O3. The van der Waals surface area contributed by atoms with E-state index in [1.165, 1.54) is 17.6 Å². The molecule has 0 aliphatic rings. The maximum atomic E-state index is 12.8. The van der Waals surface area contributed by atoms with Gasteiger partial charge in [-0.15, -0.1) is 0 Å². The lowest BCUT2D eigenvalue weighted by molar-refractivity contribution is -0.130. The molecule has 0 aliphatic carbocycles. The van der Waals surface area contributed by atoms with Gasteiger partial charge in [0.1, 0.15) is 18.2 Å². The number of hydrogen-bond acceptors (Lipinski definition) is 4. The van der Waals surface area contributed by atoms with Gasteiger partial charge in [0.2, 0.25) is 0 Å². The molecule has 4 N–H and O–H groups in total. The van der Waals surface area contributed by atoms with Crippen LogP contribution in [0.5, 0.6) is 5.75 Å². The normalized spacial score (nSPS) is 11.8. The molecule has 2 rings (SSSR count). The second kappa shape index (κ2) is 7.53. The summed E-state index contributed by atoms with van der Waals surface area (Å²) in [4.78, 5) is 11.1. The van der Waals surface area contributed by atoms with Gasteiger partial charge in [-0.05, 0) is 41.8 Å². The first-order valence-corrected chi connectivity index (χ1v) is 6.74. The van der Waals surface area contributed by atoms with Crippen LogP contribution in [0.3, 0.4) is 0 Å². The van der Waals surface area contributed by atoms with Crippen LogP contribution in [0, 0.1) is 5.82 Å². The Bertz CT molecular complexity index is 614. The number of carbonyl (C=O) groups excluding carboxylic acids is 1. The fourth-order valence-electron chi connectivity index (χ4n) is 1.90. The van der Waals surface area contributed by atoms with Gasteiger partial charge in [-0.25, -0.2) is 9.87 Å². The highest BCUT2D eigenvalue weighted by Gasteiger charge is 2.12. The number of ether oxygens (including phenoxy) is 1. The van der Waals surface area contributed by atoms with Gasteiger partial charge in [-0.3, -0.25) is 10.0 Å². The van der Waals surface area contributed by atoms with Crippen LogP contribution in [0.2, 0.25) is 0 Å². The van der Waals surface area contributed by atoms with Crippen molar-refractivity contribution in [2.24, 2.45) is 5.73 Å². The molecule has 5 nitrogen and oxygen atoms in total. The van der Waals surface area contributed by atoms with Crippen LogP contribution >= 0.6 is 0 Å². The van der Waals surface area contributed by atoms with Crippen molar-refractivity contribution in [1.29, 1.82) is 0 Å². The highest BCUT2D eigenvalue weighted by Crippen LogP contribution is 2.15. The first kappa shape index (κ1) is 15.9. The van der Waals surface area contributed by atoms with Crippen LogP contribution in [0.15, 0.2) is 48.5 Å². The van der Waals surface area contributed by atoms with E-state index in [0.29, 0.717) is 18.8 Å². The first-order chi connectivity index (χ1) is 10.6. The summed E-state index contributed by atoms with van der Waals surface area (Å²) < 4.78 is 18.4. The maximum absolute atomic E-state index is 12.8. The predicted octanol–water partition coefficient (Wildman–Crippen LogP) is 1.78. The van der Waals surface area contributed by atoms with E-state index in [0.717, 1.165) is 11.1 Å². The molecule has 0 heterocycles. The number of carbonyl (C=O) groups is 1. The molecule has 2 aromatic carbocycles. The van der Waals surface area contributed by atoms with Gasteiger partial charge < -0.3 is 10.5 Å². The zero-order valence-electron chi connectivity index (χ0n) is 11.8. The summed E-state index contributed by atoms with van der Waals surface area (Å²) >= 11 is 0. The Balaban J connectivity index is 1.89. The summed E-state index contributed by atoms with van der Waals surface area (Å²) in [5, 5.41) is 8.50. The summed E-state index contributed by atoms with van der Waals surface area (Å²) in [6.45, 7) is 0.339. The molecule has 0 aromatic heterocycles. The number of amides is 1. The molecule has 22 heavy (non-hydrogen) atoms. The molecule has 0 spiro atoms. The van der Waals surface area contributed by atoms with Crippen molar-refractivity contribution in [3.05, 3.63) is 65.5 Å². The number of hydrogen-bond donors (Lipinski definition) is 3. The van der Waals surface area contributed by atoms with Crippen LogP contribution in [-0.4, -0.2) is 17.2 Å². The van der Waals surface area contributed by atoms with E-state index in [1.807, 2.05) is 0 Å². The second-order valence-corrected chi connectivity index (χ2v) is 4.85. The van der Waals surface area contributed by atoms with Gasteiger partial charge in [-0.1, -0.05) is 24.3 Å². The van der Waals surface area contributed by atoms with E-state index in [9.17, 15) is 9.18 Å². The Morgan fingerprint density at radius 2 is 1.73 bits per heavy atom. The second-order valence-electron chi connectivity index (χ2n) is 4.85. The molecule has 116 valence electrons. The van der Waals surface area contributed by atoms with E-state index in [-0.39, 0.29) is 5.82 Å². The van der Waals surface area contributed by atoms with E-state index in [1.54, 1.807) is 36.4 Å². The number of nitrogens with one attached hydrogen (secondary N) is 1. The van der Waals surface area contributed by atoms with Crippen molar-refractivity contribution in [1.82, 2.24) is 5.48 Å². The van der Waals surface area contributed by atoms with Crippen molar-refractivity contribution < 1.29 is 19.1 Å². The summed E-state index contributed by atoms with van der Waals surface area (Å²) in [5.41, 5.74) is 8.85. The summed E-state index contributed by atoms with van der Waals surface area (Å²) in [7, 11) is 0.